The standard InChI is InChI=1S/C23H30F3N3O2/c1-3-4-8-15-30-22-27-16-20(23(24,25)26)21(28-22)29(2)17-11-13-19(14-12-17)31-18-9-6-5-7-10-18/h11-14,16,18H,3-10,15H2,1-2H3. The Hall–Kier alpha value is -2.51. The number of hydrogen-bond acceptors (Lipinski definition) is 5. The molecule has 5 nitrogen and oxygen atoms in total. The molecular formula is C23H30F3N3O2. The van der Waals surface area contributed by atoms with Gasteiger partial charge in [0.15, 0.2) is 5.82 Å². The van der Waals surface area contributed by atoms with Crippen LogP contribution < -0.4 is 14.4 Å². The van der Waals surface area contributed by atoms with Gasteiger partial charge < -0.3 is 14.4 Å². The average Bonchev–Trinajstić information content (AvgIpc) is 2.77. The maximum atomic E-state index is 13.6. The highest BCUT2D eigenvalue weighted by molar-refractivity contribution is 5.63. The van der Waals surface area contributed by atoms with Gasteiger partial charge in [-0.2, -0.15) is 18.2 Å². The van der Waals surface area contributed by atoms with Crippen molar-refractivity contribution in [2.24, 2.45) is 0 Å². The third kappa shape index (κ3) is 6.48. The zero-order chi connectivity index (χ0) is 22.3. The summed E-state index contributed by atoms with van der Waals surface area (Å²) in [6.07, 6.45) is 4.88. The lowest BCUT2D eigenvalue weighted by atomic mass is 9.98. The van der Waals surface area contributed by atoms with E-state index in [2.05, 4.69) is 16.9 Å². The molecule has 1 aromatic heterocycles. The Balaban J connectivity index is 1.76. The molecule has 1 aromatic carbocycles. The molecule has 0 radical (unpaired) electrons. The highest BCUT2D eigenvalue weighted by Crippen LogP contribution is 2.38. The Morgan fingerprint density at radius 2 is 1.77 bits per heavy atom. The minimum Gasteiger partial charge on any atom is -0.490 e. The summed E-state index contributed by atoms with van der Waals surface area (Å²) >= 11 is 0. The van der Waals surface area contributed by atoms with E-state index in [9.17, 15) is 13.2 Å². The second-order valence-electron chi connectivity index (χ2n) is 7.87. The predicted octanol–water partition coefficient (Wildman–Crippen LogP) is 6.54. The molecule has 31 heavy (non-hydrogen) atoms. The number of anilines is 2. The molecule has 2 aromatic rings. The molecule has 8 heteroatoms. The normalized spacial score (nSPS) is 15.0. The van der Waals surface area contributed by atoms with Crippen molar-refractivity contribution in [2.75, 3.05) is 18.6 Å². The summed E-state index contributed by atoms with van der Waals surface area (Å²) in [5.74, 6) is 0.483. The summed E-state index contributed by atoms with van der Waals surface area (Å²) in [5.41, 5.74) is -0.337. The van der Waals surface area contributed by atoms with Crippen LogP contribution in [0, 0.1) is 0 Å². The van der Waals surface area contributed by atoms with Crippen LogP contribution in [0.4, 0.5) is 24.7 Å². The molecule has 0 unspecified atom stereocenters. The molecule has 1 saturated carbocycles. The van der Waals surface area contributed by atoms with Crippen LogP contribution in [0.15, 0.2) is 30.5 Å². The number of rotatable bonds is 9. The van der Waals surface area contributed by atoms with Crippen molar-refractivity contribution in [1.82, 2.24) is 9.97 Å². The predicted molar refractivity (Wildman–Crippen MR) is 114 cm³/mol. The van der Waals surface area contributed by atoms with E-state index in [-0.39, 0.29) is 17.9 Å². The van der Waals surface area contributed by atoms with Crippen LogP contribution in [0.1, 0.15) is 63.9 Å². The van der Waals surface area contributed by atoms with Crippen molar-refractivity contribution in [3.8, 4) is 11.8 Å². The number of unbranched alkanes of at least 4 members (excludes halogenated alkanes) is 2. The highest BCUT2D eigenvalue weighted by Gasteiger charge is 2.36. The summed E-state index contributed by atoms with van der Waals surface area (Å²) in [6.45, 7) is 2.43. The molecule has 3 rings (SSSR count). The molecule has 1 aliphatic carbocycles. The fourth-order valence-corrected chi connectivity index (χ4v) is 3.64. The third-order valence-electron chi connectivity index (χ3n) is 5.43. The first-order valence-corrected chi connectivity index (χ1v) is 11.0. The summed E-state index contributed by atoms with van der Waals surface area (Å²) in [4.78, 5) is 9.23. The Bertz CT molecular complexity index is 822. The summed E-state index contributed by atoms with van der Waals surface area (Å²) in [5, 5.41) is 0. The van der Waals surface area contributed by atoms with Crippen molar-refractivity contribution in [1.29, 1.82) is 0 Å². The van der Waals surface area contributed by atoms with E-state index >= 15 is 0 Å². The van der Waals surface area contributed by atoms with Crippen molar-refractivity contribution in [2.45, 2.75) is 70.6 Å². The number of halogens is 3. The van der Waals surface area contributed by atoms with Gasteiger partial charge >= 0.3 is 12.2 Å². The maximum absolute atomic E-state index is 13.6. The van der Waals surface area contributed by atoms with E-state index in [1.54, 1.807) is 31.3 Å². The Labute approximate surface area is 181 Å². The molecule has 0 atom stereocenters. The molecule has 0 bridgehead atoms. The minimum absolute atomic E-state index is 0.0526. The zero-order valence-electron chi connectivity index (χ0n) is 18.1. The van der Waals surface area contributed by atoms with Crippen LogP contribution in [0.25, 0.3) is 0 Å². The van der Waals surface area contributed by atoms with Gasteiger partial charge in [0.05, 0.1) is 12.7 Å². The lowest BCUT2D eigenvalue weighted by molar-refractivity contribution is -0.137. The van der Waals surface area contributed by atoms with Gasteiger partial charge in [-0.05, 0) is 56.4 Å². The number of nitrogens with zero attached hydrogens (tertiary/aromatic N) is 3. The fourth-order valence-electron chi connectivity index (χ4n) is 3.64. The molecule has 170 valence electrons. The van der Waals surface area contributed by atoms with Gasteiger partial charge in [0.2, 0.25) is 0 Å². The number of hydrogen-bond donors (Lipinski definition) is 0. The number of benzene rings is 1. The van der Waals surface area contributed by atoms with Gasteiger partial charge in [-0.15, -0.1) is 0 Å². The number of alkyl halides is 3. The average molecular weight is 438 g/mol. The lowest BCUT2D eigenvalue weighted by Crippen LogP contribution is -2.20. The molecule has 1 aliphatic rings. The lowest BCUT2D eigenvalue weighted by Gasteiger charge is -2.24. The van der Waals surface area contributed by atoms with Crippen LogP contribution in [0.2, 0.25) is 0 Å². The van der Waals surface area contributed by atoms with Crippen LogP contribution in [-0.2, 0) is 6.18 Å². The van der Waals surface area contributed by atoms with E-state index in [1.807, 2.05) is 0 Å². The Morgan fingerprint density at radius 1 is 1.06 bits per heavy atom. The second kappa shape index (κ2) is 10.7. The molecular weight excluding hydrogens is 407 g/mol. The zero-order valence-corrected chi connectivity index (χ0v) is 18.1. The molecule has 1 fully saturated rings. The van der Waals surface area contributed by atoms with E-state index in [4.69, 9.17) is 9.47 Å². The Morgan fingerprint density at radius 3 is 2.42 bits per heavy atom. The third-order valence-corrected chi connectivity index (χ3v) is 5.43. The molecule has 0 spiro atoms. The van der Waals surface area contributed by atoms with Gasteiger partial charge in [-0.1, -0.05) is 26.2 Å². The van der Waals surface area contributed by atoms with Gasteiger partial charge in [-0.3, -0.25) is 0 Å². The van der Waals surface area contributed by atoms with E-state index in [0.29, 0.717) is 12.3 Å². The van der Waals surface area contributed by atoms with Gasteiger partial charge in [0, 0.05) is 18.9 Å². The summed E-state index contributed by atoms with van der Waals surface area (Å²) < 4.78 is 52.2. The SMILES string of the molecule is CCCCCOc1ncc(C(F)(F)F)c(N(C)c2ccc(OC3CCCCC3)cc2)n1. The van der Waals surface area contributed by atoms with Gasteiger partial charge in [0.1, 0.15) is 11.3 Å². The van der Waals surface area contributed by atoms with Crippen LogP contribution in [0.5, 0.6) is 11.8 Å². The first kappa shape index (κ1) is 23.2. The van der Waals surface area contributed by atoms with Crippen LogP contribution >= 0.6 is 0 Å². The van der Waals surface area contributed by atoms with Crippen LogP contribution in [-0.4, -0.2) is 29.7 Å². The first-order valence-electron chi connectivity index (χ1n) is 11.0. The Kier molecular flexibility index (Phi) is 7.98. The first-order chi connectivity index (χ1) is 14.9. The van der Waals surface area contributed by atoms with Crippen molar-refractivity contribution < 1.29 is 22.6 Å². The topological polar surface area (TPSA) is 47.5 Å². The highest BCUT2D eigenvalue weighted by atomic mass is 19.4. The largest absolute Gasteiger partial charge is 0.490 e. The van der Waals surface area contributed by atoms with E-state index in [1.165, 1.54) is 24.2 Å². The molecule has 0 aliphatic heterocycles. The van der Waals surface area contributed by atoms with Gasteiger partial charge in [-0.25, -0.2) is 4.98 Å². The molecule has 1 heterocycles. The maximum Gasteiger partial charge on any atom is 0.421 e. The van der Waals surface area contributed by atoms with Crippen molar-refractivity contribution in [3.05, 3.63) is 36.0 Å². The van der Waals surface area contributed by atoms with E-state index < -0.39 is 11.7 Å². The molecule has 0 amide bonds. The summed E-state index contributed by atoms with van der Waals surface area (Å²) in [7, 11) is 1.55. The van der Waals surface area contributed by atoms with Crippen molar-refractivity contribution in [3.63, 3.8) is 0 Å². The molecule has 0 saturated heterocycles. The van der Waals surface area contributed by atoms with Crippen molar-refractivity contribution >= 4 is 11.5 Å². The van der Waals surface area contributed by atoms with Crippen LogP contribution in [0.3, 0.4) is 0 Å². The van der Waals surface area contributed by atoms with Gasteiger partial charge in [0.25, 0.3) is 0 Å². The summed E-state index contributed by atoms with van der Waals surface area (Å²) in [6, 6.07) is 7.00. The minimum atomic E-state index is -4.58. The molecule has 0 N–H and O–H groups in total. The second-order valence-corrected chi connectivity index (χ2v) is 7.87. The number of aromatic nitrogens is 2. The fraction of sp³-hybridized carbons (Fsp3) is 0.565. The smallest absolute Gasteiger partial charge is 0.421 e. The monoisotopic (exact) mass is 437 g/mol. The van der Waals surface area contributed by atoms with E-state index in [0.717, 1.165) is 44.1 Å². The number of ether oxygens (including phenoxy) is 2. The quantitative estimate of drug-likeness (QED) is 0.417.